The lowest BCUT2D eigenvalue weighted by Gasteiger charge is -2.30. The van der Waals surface area contributed by atoms with Crippen LogP contribution in [0.1, 0.15) is 18.5 Å². The van der Waals surface area contributed by atoms with E-state index >= 15 is 0 Å². The van der Waals surface area contributed by atoms with Crippen LogP contribution in [0.3, 0.4) is 0 Å². The SMILES string of the molecule is Cl.NCC1CCN(Cc2cocn2)CC1. The highest BCUT2D eigenvalue weighted by atomic mass is 35.5. The van der Waals surface area contributed by atoms with E-state index in [0.29, 0.717) is 0 Å². The molecule has 0 spiro atoms. The van der Waals surface area contributed by atoms with Crippen LogP contribution < -0.4 is 5.73 Å². The van der Waals surface area contributed by atoms with Gasteiger partial charge in [-0.25, -0.2) is 4.98 Å². The van der Waals surface area contributed by atoms with Gasteiger partial charge in [0.05, 0.1) is 5.69 Å². The van der Waals surface area contributed by atoms with Gasteiger partial charge in [0.2, 0.25) is 0 Å². The lowest BCUT2D eigenvalue weighted by molar-refractivity contribution is 0.178. The first-order valence-electron chi connectivity index (χ1n) is 5.18. The molecule has 0 aliphatic carbocycles. The molecule has 1 fully saturated rings. The maximum Gasteiger partial charge on any atom is 0.180 e. The van der Waals surface area contributed by atoms with Crippen LogP contribution in [0.5, 0.6) is 0 Å². The number of nitrogens with two attached hydrogens (primary N) is 1. The minimum atomic E-state index is 0. The fraction of sp³-hybridized carbons (Fsp3) is 0.700. The van der Waals surface area contributed by atoms with E-state index in [0.717, 1.165) is 37.8 Å². The van der Waals surface area contributed by atoms with Gasteiger partial charge in [0.1, 0.15) is 6.26 Å². The molecule has 1 aromatic heterocycles. The summed E-state index contributed by atoms with van der Waals surface area (Å²) >= 11 is 0. The van der Waals surface area contributed by atoms with Crippen molar-refractivity contribution < 1.29 is 4.42 Å². The summed E-state index contributed by atoms with van der Waals surface area (Å²) < 4.78 is 4.94. The van der Waals surface area contributed by atoms with Crippen molar-refractivity contribution in [1.82, 2.24) is 9.88 Å². The van der Waals surface area contributed by atoms with Crippen LogP contribution in [-0.4, -0.2) is 29.5 Å². The molecular formula is C10H18ClN3O. The molecule has 2 N–H and O–H groups in total. The van der Waals surface area contributed by atoms with Gasteiger partial charge in [-0.3, -0.25) is 4.90 Å². The van der Waals surface area contributed by atoms with Crippen molar-refractivity contribution in [2.45, 2.75) is 19.4 Å². The number of aromatic nitrogens is 1. The number of piperidine rings is 1. The number of likely N-dealkylation sites (tertiary alicyclic amines) is 1. The van der Waals surface area contributed by atoms with Crippen LogP contribution in [0, 0.1) is 5.92 Å². The largest absolute Gasteiger partial charge is 0.451 e. The quantitative estimate of drug-likeness (QED) is 0.851. The zero-order valence-corrected chi connectivity index (χ0v) is 9.58. The van der Waals surface area contributed by atoms with Gasteiger partial charge in [-0.1, -0.05) is 0 Å². The normalized spacial score (nSPS) is 18.7. The molecule has 0 saturated carbocycles. The molecule has 0 atom stereocenters. The van der Waals surface area contributed by atoms with Crippen molar-refractivity contribution in [3.05, 3.63) is 18.4 Å². The molecule has 0 radical (unpaired) electrons. The highest BCUT2D eigenvalue weighted by molar-refractivity contribution is 5.85. The predicted molar refractivity (Wildman–Crippen MR) is 60.8 cm³/mol. The molecule has 1 aliphatic heterocycles. The summed E-state index contributed by atoms with van der Waals surface area (Å²) in [4.78, 5) is 6.52. The first-order chi connectivity index (χ1) is 6.88. The molecule has 1 aromatic rings. The van der Waals surface area contributed by atoms with Crippen LogP contribution in [-0.2, 0) is 6.54 Å². The molecule has 0 amide bonds. The molecule has 0 unspecified atom stereocenters. The van der Waals surface area contributed by atoms with Crippen LogP contribution in [0.25, 0.3) is 0 Å². The first-order valence-corrected chi connectivity index (χ1v) is 5.18. The topological polar surface area (TPSA) is 55.3 Å². The maximum absolute atomic E-state index is 5.64. The molecule has 15 heavy (non-hydrogen) atoms. The average Bonchev–Trinajstić information content (AvgIpc) is 2.72. The molecular weight excluding hydrogens is 214 g/mol. The van der Waals surface area contributed by atoms with Gasteiger partial charge in [-0.05, 0) is 38.4 Å². The molecule has 86 valence electrons. The average molecular weight is 232 g/mol. The third kappa shape index (κ3) is 3.48. The zero-order chi connectivity index (χ0) is 9.80. The Balaban J connectivity index is 0.00000112. The monoisotopic (exact) mass is 231 g/mol. The third-order valence-corrected chi connectivity index (χ3v) is 2.91. The highest BCUT2D eigenvalue weighted by Gasteiger charge is 2.18. The standard InChI is InChI=1S/C10H17N3O.ClH/c11-5-9-1-3-13(4-2-9)6-10-7-14-8-12-10;/h7-9H,1-6,11H2;1H. The van der Waals surface area contributed by atoms with Gasteiger partial charge in [-0.15, -0.1) is 12.4 Å². The molecule has 5 heteroatoms. The lowest BCUT2D eigenvalue weighted by Crippen LogP contribution is -2.35. The maximum atomic E-state index is 5.64. The Morgan fingerprint density at radius 2 is 2.20 bits per heavy atom. The smallest absolute Gasteiger partial charge is 0.180 e. The van der Waals surface area contributed by atoms with Crippen LogP contribution in [0.4, 0.5) is 0 Å². The molecule has 2 heterocycles. The second-order valence-electron chi connectivity index (χ2n) is 3.94. The number of hydrogen-bond donors (Lipinski definition) is 1. The van der Waals surface area contributed by atoms with E-state index in [1.54, 1.807) is 6.26 Å². The lowest BCUT2D eigenvalue weighted by atomic mass is 9.97. The minimum Gasteiger partial charge on any atom is -0.451 e. The molecule has 0 bridgehead atoms. The summed E-state index contributed by atoms with van der Waals surface area (Å²) in [5.41, 5.74) is 6.66. The summed E-state index contributed by atoms with van der Waals surface area (Å²) in [5.74, 6) is 0.726. The van der Waals surface area contributed by atoms with Crippen LogP contribution >= 0.6 is 12.4 Å². The first kappa shape index (κ1) is 12.5. The number of halogens is 1. The number of oxazole rings is 1. The van der Waals surface area contributed by atoms with Gasteiger partial charge in [0, 0.05) is 6.54 Å². The van der Waals surface area contributed by atoms with Gasteiger partial charge >= 0.3 is 0 Å². The number of nitrogens with zero attached hydrogens (tertiary/aromatic N) is 2. The third-order valence-electron chi connectivity index (χ3n) is 2.91. The molecule has 4 nitrogen and oxygen atoms in total. The van der Waals surface area contributed by atoms with Crippen molar-refractivity contribution in [1.29, 1.82) is 0 Å². The fourth-order valence-corrected chi connectivity index (χ4v) is 1.92. The van der Waals surface area contributed by atoms with E-state index in [1.165, 1.54) is 19.2 Å². The van der Waals surface area contributed by atoms with Crippen molar-refractivity contribution >= 4 is 12.4 Å². The Labute approximate surface area is 96.2 Å². The summed E-state index contributed by atoms with van der Waals surface area (Å²) in [6, 6.07) is 0. The molecule has 1 saturated heterocycles. The van der Waals surface area contributed by atoms with Crippen molar-refractivity contribution in [3.8, 4) is 0 Å². The van der Waals surface area contributed by atoms with E-state index in [1.807, 2.05) is 0 Å². The Bertz CT molecular complexity index is 258. The fourth-order valence-electron chi connectivity index (χ4n) is 1.92. The second kappa shape index (κ2) is 6.10. The van der Waals surface area contributed by atoms with Crippen LogP contribution in [0.2, 0.25) is 0 Å². The number of hydrogen-bond acceptors (Lipinski definition) is 4. The Morgan fingerprint density at radius 3 is 2.73 bits per heavy atom. The van der Waals surface area contributed by atoms with E-state index < -0.39 is 0 Å². The van der Waals surface area contributed by atoms with Crippen molar-refractivity contribution in [2.24, 2.45) is 11.7 Å². The van der Waals surface area contributed by atoms with Crippen LogP contribution in [0.15, 0.2) is 17.1 Å². The van der Waals surface area contributed by atoms with Gasteiger partial charge in [0.25, 0.3) is 0 Å². The van der Waals surface area contributed by atoms with Crippen molar-refractivity contribution in [2.75, 3.05) is 19.6 Å². The van der Waals surface area contributed by atoms with Gasteiger partial charge in [-0.2, -0.15) is 0 Å². The summed E-state index contributed by atoms with van der Waals surface area (Å²) in [6.07, 6.45) is 5.64. The zero-order valence-electron chi connectivity index (χ0n) is 8.76. The molecule has 1 aliphatic rings. The van der Waals surface area contributed by atoms with E-state index in [9.17, 15) is 0 Å². The Morgan fingerprint density at radius 1 is 1.47 bits per heavy atom. The van der Waals surface area contributed by atoms with Gasteiger partial charge in [0.15, 0.2) is 6.39 Å². The molecule has 0 aromatic carbocycles. The second-order valence-corrected chi connectivity index (χ2v) is 3.94. The predicted octanol–water partition coefficient (Wildman–Crippen LogP) is 1.27. The molecule has 2 rings (SSSR count). The summed E-state index contributed by atoms with van der Waals surface area (Å²) in [5, 5.41) is 0. The highest BCUT2D eigenvalue weighted by Crippen LogP contribution is 2.17. The van der Waals surface area contributed by atoms with Crippen molar-refractivity contribution in [3.63, 3.8) is 0 Å². The van der Waals surface area contributed by atoms with Gasteiger partial charge < -0.3 is 10.2 Å². The Hall–Kier alpha value is -0.580. The summed E-state index contributed by atoms with van der Waals surface area (Å²) in [7, 11) is 0. The van der Waals surface area contributed by atoms with E-state index in [-0.39, 0.29) is 12.4 Å². The minimum absolute atomic E-state index is 0. The Kier molecular flexibility index (Phi) is 5.08. The van der Waals surface area contributed by atoms with E-state index in [2.05, 4.69) is 9.88 Å². The summed E-state index contributed by atoms with van der Waals surface area (Å²) in [6.45, 7) is 4.01. The number of rotatable bonds is 3. The van der Waals surface area contributed by atoms with E-state index in [4.69, 9.17) is 10.2 Å².